The summed E-state index contributed by atoms with van der Waals surface area (Å²) in [5, 5.41) is 19.6. The lowest BCUT2D eigenvalue weighted by Gasteiger charge is -2.34. The Morgan fingerprint density at radius 2 is 1.85 bits per heavy atom. The predicted octanol–water partition coefficient (Wildman–Crippen LogP) is 1.52. The second-order valence-electron chi connectivity index (χ2n) is 5.66. The van der Waals surface area contributed by atoms with Gasteiger partial charge in [-0.1, -0.05) is 18.2 Å². The molecule has 4 nitrogen and oxygen atoms in total. The molecule has 20 heavy (non-hydrogen) atoms. The molecule has 1 heterocycles. The standard InChI is InChI=1S/C16H25NO3/c1-13(18)14-7-9-17(10-8-14)11-15(19)12-20-16-5-3-2-4-6-16/h2-6,13-15,18-19H,7-12H2,1H3. The fourth-order valence-corrected chi connectivity index (χ4v) is 2.68. The van der Waals surface area contributed by atoms with Gasteiger partial charge in [-0.2, -0.15) is 0 Å². The molecule has 0 aromatic heterocycles. The number of ether oxygens (including phenoxy) is 1. The number of nitrogens with zero attached hydrogens (tertiary/aromatic N) is 1. The lowest BCUT2D eigenvalue weighted by molar-refractivity contribution is 0.0336. The molecule has 1 fully saturated rings. The minimum atomic E-state index is -0.474. The Labute approximate surface area is 121 Å². The van der Waals surface area contributed by atoms with E-state index < -0.39 is 6.10 Å². The SMILES string of the molecule is CC(O)C1CCN(CC(O)COc2ccccc2)CC1. The number of β-amino-alcohol motifs (C(OH)–C–C–N with tert-alkyl or cyclic N) is 1. The Bertz CT molecular complexity index is 375. The van der Waals surface area contributed by atoms with Crippen molar-refractivity contribution < 1.29 is 14.9 Å². The van der Waals surface area contributed by atoms with Crippen molar-refractivity contribution in [1.82, 2.24) is 4.90 Å². The summed E-state index contributed by atoms with van der Waals surface area (Å²) in [6.45, 7) is 4.71. The van der Waals surface area contributed by atoms with Gasteiger partial charge in [0.25, 0.3) is 0 Å². The zero-order valence-electron chi connectivity index (χ0n) is 12.1. The predicted molar refractivity (Wildman–Crippen MR) is 78.8 cm³/mol. The smallest absolute Gasteiger partial charge is 0.119 e. The van der Waals surface area contributed by atoms with Crippen molar-refractivity contribution in [3.63, 3.8) is 0 Å². The van der Waals surface area contributed by atoms with Gasteiger partial charge in [-0.25, -0.2) is 0 Å². The van der Waals surface area contributed by atoms with Crippen LogP contribution in [0.4, 0.5) is 0 Å². The fraction of sp³-hybridized carbons (Fsp3) is 0.625. The van der Waals surface area contributed by atoms with Crippen molar-refractivity contribution in [2.45, 2.75) is 32.0 Å². The van der Waals surface area contributed by atoms with Gasteiger partial charge in [0.05, 0.1) is 6.10 Å². The van der Waals surface area contributed by atoms with Crippen LogP contribution >= 0.6 is 0 Å². The molecular formula is C16H25NO3. The number of hydrogen-bond acceptors (Lipinski definition) is 4. The number of likely N-dealkylation sites (tertiary alicyclic amines) is 1. The average Bonchev–Trinajstić information content (AvgIpc) is 2.47. The molecule has 1 aromatic carbocycles. The van der Waals surface area contributed by atoms with Crippen molar-refractivity contribution in [1.29, 1.82) is 0 Å². The van der Waals surface area contributed by atoms with Crippen molar-refractivity contribution in [2.75, 3.05) is 26.2 Å². The highest BCUT2D eigenvalue weighted by Crippen LogP contribution is 2.20. The van der Waals surface area contributed by atoms with E-state index in [2.05, 4.69) is 4.90 Å². The van der Waals surface area contributed by atoms with Gasteiger partial charge >= 0.3 is 0 Å². The Kier molecular flexibility index (Phi) is 5.83. The highest BCUT2D eigenvalue weighted by molar-refractivity contribution is 5.20. The number of rotatable bonds is 6. The van der Waals surface area contributed by atoms with Gasteiger partial charge in [-0.3, -0.25) is 0 Å². The number of piperidine rings is 1. The van der Waals surface area contributed by atoms with Gasteiger partial charge in [-0.05, 0) is 50.9 Å². The van der Waals surface area contributed by atoms with E-state index in [9.17, 15) is 10.2 Å². The van der Waals surface area contributed by atoms with Crippen molar-refractivity contribution in [2.24, 2.45) is 5.92 Å². The summed E-state index contributed by atoms with van der Waals surface area (Å²) in [5.41, 5.74) is 0. The minimum absolute atomic E-state index is 0.219. The largest absolute Gasteiger partial charge is 0.491 e. The summed E-state index contributed by atoms with van der Waals surface area (Å²) in [6, 6.07) is 9.56. The van der Waals surface area contributed by atoms with Gasteiger partial charge in [0.15, 0.2) is 0 Å². The maximum atomic E-state index is 10.0. The van der Waals surface area contributed by atoms with Crippen LogP contribution in [0, 0.1) is 5.92 Å². The van der Waals surface area contributed by atoms with Crippen molar-refractivity contribution in [3.05, 3.63) is 30.3 Å². The normalized spacial score (nSPS) is 20.6. The van der Waals surface area contributed by atoms with Gasteiger partial charge in [-0.15, -0.1) is 0 Å². The summed E-state index contributed by atoms with van der Waals surface area (Å²) in [7, 11) is 0. The third-order valence-electron chi connectivity index (χ3n) is 3.97. The molecule has 1 saturated heterocycles. The summed E-state index contributed by atoms with van der Waals surface area (Å²) in [5.74, 6) is 1.20. The molecule has 0 amide bonds. The van der Waals surface area contributed by atoms with Crippen LogP contribution in [0.1, 0.15) is 19.8 Å². The number of hydrogen-bond donors (Lipinski definition) is 2. The first-order valence-electron chi connectivity index (χ1n) is 7.41. The van der Waals surface area contributed by atoms with Crippen molar-refractivity contribution >= 4 is 0 Å². The van der Waals surface area contributed by atoms with Crippen LogP contribution in [0.15, 0.2) is 30.3 Å². The number of aliphatic hydroxyl groups is 2. The molecule has 2 atom stereocenters. The lowest BCUT2D eigenvalue weighted by atomic mass is 9.92. The Morgan fingerprint density at radius 3 is 2.45 bits per heavy atom. The molecule has 1 aliphatic rings. The first-order valence-corrected chi connectivity index (χ1v) is 7.41. The van der Waals surface area contributed by atoms with Crippen LogP contribution in [-0.2, 0) is 0 Å². The Balaban J connectivity index is 1.66. The number of benzene rings is 1. The second-order valence-corrected chi connectivity index (χ2v) is 5.66. The summed E-state index contributed by atoms with van der Waals surface area (Å²) in [4.78, 5) is 2.25. The van der Waals surface area contributed by atoms with Gasteiger partial charge in [0, 0.05) is 6.54 Å². The summed E-state index contributed by atoms with van der Waals surface area (Å²) < 4.78 is 5.55. The molecule has 2 N–H and O–H groups in total. The van der Waals surface area contributed by atoms with Crippen LogP contribution in [0.5, 0.6) is 5.75 Å². The third-order valence-corrected chi connectivity index (χ3v) is 3.97. The van der Waals surface area contributed by atoms with E-state index in [1.54, 1.807) is 0 Å². The topological polar surface area (TPSA) is 52.9 Å². The molecule has 0 radical (unpaired) electrons. The maximum Gasteiger partial charge on any atom is 0.119 e. The van der Waals surface area contributed by atoms with Crippen molar-refractivity contribution in [3.8, 4) is 5.75 Å². The third kappa shape index (κ3) is 4.78. The first kappa shape index (κ1) is 15.3. The molecule has 0 saturated carbocycles. The molecule has 2 unspecified atom stereocenters. The van der Waals surface area contributed by atoms with Gasteiger partial charge in [0.1, 0.15) is 18.5 Å². The molecule has 1 aromatic rings. The Hall–Kier alpha value is -1.10. The van der Waals surface area contributed by atoms with E-state index in [0.29, 0.717) is 19.1 Å². The molecular weight excluding hydrogens is 254 g/mol. The summed E-state index contributed by atoms with van der Waals surface area (Å²) in [6.07, 6.45) is 1.32. The maximum absolute atomic E-state index is 10.0. The quantitative estimate of drug-likeness (QED) is 0.829. The highest BCUT2D eigenvalue weighted by Gasteiger charge is 2.23. The minimum Gasteiger partial charge on any atom is -0.491 e. The van der Waals surface area contributed by atoms with E-state index in [-0.39, 0.29) is 6.10 Å². The van der Waals surface area contributed by atoms with Gasteiger partial charge < -0.3 is 19.8 Å². The van der Waals surface area contributed by atoms with Crippen LogP contribution in [0.3, 0.4) is 0 Å². The van der Waals surface area contributed by atoms with Crippen LogP contribution in [0.25, 0.3) is 0 Å². The molecule has 2 rings (SSSR count). The van der Waals surface area contributed by atoms with Crippen LogP contribution in [0.2, 0.25) is 0 Å². The van der Waals surface area contributed by atoms with E-state index in [1.165, 1.54) is 0 Å². The zero-order chi connectivity index (χ0) is 14.4. The van der Waals surface area contributed by atoms with E-state index in [1.807, 2.05) is 37.3 Å². The number of para-hydroxylation sites is 1. The van der Waals surface area contributed by atoms with Gasteiger partial charge in [0.2, 0.25) is 0 Å². The zero-order valence-corrected chi connectivity index (χ0v) is 12.1. The molecule has 1 aliphatic heterocycles. The molecule has 4 heteroatoms. The number of aliphatic hydroxyl groups excluding tert-OH is 2. The van der Waals surface area contributed by atoms with E-state index >= 15 is 0 Å². The van der Waals surface area contributed by atoms with Crippen LogP contribution in [-0.4, -0.2) is 53.6 Å². The Morgan fingerprint density at radius 1 is 1.20 bits per heavy atom. The van der Waals surface area contributed by atoms with Crippen LogP contribution < -0.4 is 4.74 Å². The lowest BCUT2D eigenvalue weighted by Crippen LogP contribution is -2.42. The molecule has 112 valence electrons. The monoisotopic (exact) mass is 279 g/mol. The first-order chi connectivity index (χ1) is 9.65. The van der Waals surface area contributed by atoms with E-state index in [4.69, 9.17) is 4.74 Å². The second kappa shape index (κ2) is 7.62. The average molecular weight is 279 g/mol. The summed E-state index contributed by atoms with van der Waals surface area (Å²) >= 11 is 0. The highest BCUT2D eigenvalue weighted by atomic mass is 16.5. The fourth-order valence-electron chi connectivity index (χ4n) is 2.68. The van der Waals surface area contributed by atoms with E-state index in [0.717, 1.165) is 31.7 Å². The molecule has 0 spiro atoms. The molecule has 0 bridgehead atoms. The molecule has 0 aliphatic carbocycles.